The van der Waals surface area contributed by atoms with Gasteiger partial charge in [0.05, 0.1) is 25.4 Å². The zero-order valence-corrected chi connectivity index (χ0v) is 46.0. The van der Waals surface area contributed by atoms with Crippen LogP contribution >= 0.6 is 0 Å². The average Bonchev–Trinajstić information content (AvgIpc) is 3.35. The van der Waals surface area contributed by atoms with E-state index in [1.807, 2.05) is 6.08 Å². The van der Waals surface area contributed by atoms with Crippen LogP contribution in [-0.2, 0) is 14.3 Å². The molecule has 0 aromatic rings. The van der Waals surface area contributed by atoms with Crippen LogP contribution in [0.2, 0.25) is 0 Å². The molecule has 0 radical (unpaired) electrons. The number of aliphatic hydroxyl groups is 2. The summed E-state index contributed by atoms with van der Waals surface area (Å²) in [6, 6.07) is -0.631. The van der Waals surface area contributed by atoms with Crippen molar-refractivity contribution in [1.82, 2.24) is 5.32 Å². The van der Waals surface area contributed by atoms with E-state index in [0.717, 1.165) is 51.4 Å². The van der Waals surface area contributed by atoms with Gasteiger partial charge in [-0.15, -0.1) is 0 Å². The lowest BCUT2D eigenvalue weighted by molar-refractivity contribution is -0.143. The predicted octanol–water partition coefficient (Wildman–Crippen LogP) is 19.0. The Bertz CT molecular complexity index is 1160. The molecule has 69 heavy (non-hydrogen) atoms. The highest BCUT2D eigenvalue weighted by atomic mass is 16.5. The fraction of sp³-hybridized carbons (Fsp3) is 0.841. The van der Waals surface area contributed by atoms with Gasteiger partial charge in [0, 0.05) is 12.8 Å². The number of hydrogen-bond donors (Lipinski definition) is 3. The Morgan fingerprint density at radius 1 is 0.406 bits per heavy atom. The van der Waals surface area contributed by atoms with Crippen LogP contribution in [-0.4, -0.2) is 47.4 Å². The molecule has 0 aromatic heterocycles. The second kappa shape index (κ2) is 58.4. The van der Waals surface area contributed by atoms with Gasteiger partial charge in [0.25, 0.3) is 0 Å². The van der Waals surface area contributed by atoms with E-state index in [1.165, 1.54) is 238 Å². The van der Waals surface area contributed by atoms with Crippen molar-refractivity contribution < 1.29 is 24.5 Å². The van der Waals surface area contributed by atoms with Crippen molar-refractivity contribution in [3.63, 3.8) is 0 Å². The monoisotopic (exact) mass is 968 g/mol. The second-order valence-corrected chi connectivity index (χ2v) is 20.7. The third-order valence-electron chi connectivity index (χ3n) is 13.8. The molecule has 0 aromatic carbocycles. The van der Waals surface area contributed by atoms with Crippen molar-refractivity contribution in [3.8, 4) is 0 Å². The fourth-order valence-electron chi connectivity index (χ4n) is 9.13. The zero-order valence-electron chi connectivity index (χ0n) is 46.0. The molecule has 0 saturated carbocycles. The number of unbranched alkanes of at least 4 members (excludes halogenated alkanes) is 39. The van der Waals surface area contributed by atoms with Crippen molar-refractivity contribution >= 4 is 11.9 Å². The van der Waals surface area contributed by atoms with E-state index < -0.39 is 12.1 Å². The molecule has 0 spiro atoms. The smallest absolute Gasteiger partial charge is 0.305 e. The van der Waals surface area contributed by atoms with Crippen molar-refractivity contribution in [2.24, 2.45) is 0 Å². The number of esters is 1. The summed E-state index contributed by atoms with van der Waals surface area (Å²) in [5, 5.41) is 23.0. The van der Waals surface area contributed by atoms with Gasteiger partial charge in [-0.25, -0.2) is 0 Å². The molecule has 1 amide bonds. The standard InChI is InChI=1S/C63H117NO5/c1-3-5-7-9-11-13-15-16-17-27-31-34-37-41-45-49-53-57-63(68)69-58-54-50-46-42-38-35-32-29-26-24-22-20-18-19-21-23-25-28-30-33-36-40-44-48-52-56-62(67)64-60(59-65)61(66)55-51-47-43-39-14-12-10-8-6-4-2/h16-17,19-22,51,55,60-61,65-66H,3-15,18,23-50,52-54,56-59H2,1-2H3,(H,64,67)/b17-16-,21-19-,22-20-,55-51+. The lowest BCUT2D eigenvalue weighted by atomic mass is 10.0. The number of hydrogen-bond acceptors (Lipinski definition) is 5. The first-order valence-corrected chi connectivity index (χ1v) is 30.4. The first-order chi connectivity index (χ1) is 34.0. The molecule has 6 nitrogen and oxygen atoms in total. The van der Waals surface area contributed by atoms with E-state index in [4.69, 9.17) is 4.74 Å². The van der Waals surface area contributed by atoms with E-state index in [0.29, 0.717) is 19.4 Å². The van der Waals surface area contributed by atoms with E-state index >= 15 is 0 Å². The van der Waals surface area contributed by atoms with Crippen molar-refractivity contribution in [2.45, 2.75) is 328 Å². The highest BCUT2D eigenvalue weighted by molar-refractivity contribution is 5.76. The van der Waals surface area contributed by atoms with Crippen LogP contribution in [0.25, 0.3) is 0 Å². The number of carbonyl (C=O) groups is 2. The van der Waals surface area contributed by atoms with Gasteiger partial charge in [-0.1, -0.05) is 262 Å². The number of ether oxygens (including phenoxy) is 1. The van der Waals surface area contributed by atoms with E-state index in [-0.39, 0.29) is 18.5 Å². The van der Waals surface area contributed by atoms with Crippen LogP contribution in [0, 0.1) is 0 Å². The lowest BCUT2D eigenvalue weighted by Crippen LogP contribution is -2.45. The molecule has 0 aliphatic carbocycles. The Labute approximate surface area is 429 Å². The van der Waals surface area contributed by atoms with Gasteiger partial charge in [-0.3, -0.25) is 9.59 Å². The average molecular weight is 969 g/mol. The predicted molar refractivity (Wildman–Crippen MR) is 301 cm³/mol. The summed E-state index contributed by atoms with van der Waals surface area (Å²) in [6.45, 7) is 4.87. The Morgan fingerprint density at radius 3 is 1.12 bits per heavy atom. The van der Waals surface area contributed by atoms with E-state index in [2.05, 4.69) is 55.6 Å². The molecule has 2 unspecified atom stereocenters. The Morgan fingerprint density at radius 2 is 0.725 bits per heavy atom. The minimum atomic E-state index is -0.847. The van der Waals surface area contributed by atoms with Crippen LogP contribution in [0.3, 0.4) is 0 Å². The molecular weight excluding hydrogens is 851 g/mol. The van der Waals surface area contributed by atoms with E-state index in [9.17, 15) is 19.8 Å². The molecule has 404 valence electrons. The maximum Gasteiger partial charge on any atom is 0.305 e. The third-order valence-corrected chi connectivity index (χ3v) is 13.8. The normalized spacial score (nSPS) is 12.9. The number of amides is 1. The Kier molecular flexibility index (Phi) is 56.5. The zero-order chi connectivity index (χ0) is 50.0. The quantitative estimate of drug-likeness (QED) is 0.0321. The molecule has 0 aliphatic heterocycles. The van der Waals surface area contributed by atoms with Crippen LogP contribution < -0.4 is 5.32 Å². The number of rotatable bonds is 56. The number of carbonyl (C=O) groups excluding carboxylic acids is 2. The molecule has 0 rings (SSSR count). The fourth-order valence-corrected chi connectivity index (χ4v) is 9.13. The summed E-state index contributed by atoms with van der Waals surface area (Å²) in [5.41, 5.74) is 0. The number of allylic oxidation sites excluding steroid dienone is 7. The molecule has 0 saturated heterocycles. The Balaban J connectivity index is 3.42. The van der Waals surface area contributed by atoms with Gasteiger partial charge in [0.2, 0.25) is 5.91 Å². The van der Waals surface area contributed by atoms with Gasteiger partial charge in [0.1, 0.15) is 0 Å². The maximum atomic E-state index is 12.4. The van der Waals surface area contributed by atoms with Crippen molar-refractivity contribution in [1.29, 1.82) is 0 Å². The highest BCUT2D eigenvalue weighted by Crippen LogP contribution is 2.16. The summed E-state index contributed by atoms with van der Waals surface area (Å²) in [4.78, 5) is 24.5. The summed E-state index contributed by atoms with van der Waals surface area (Å²) in [5.74, 6) is -0.0717. The van der Waals surface area contributed by atoms with Gasteiger partial charge < -0.3 is 20.3 Å². The Hall–Kier alpha value is -2.18. The van der Waals surface area contributed by atoms with Gasteiger partial charge >= 0.3 is 5.97 Å². The van der Waals surface area contributed by atoms with E-state index in [1.54, 1.807) is 6.08 Å². The minimum Gasteiger partial charge on any atom is -0.466 e. The molecule has 3 N–H and O–H groups in total. The molecule has 0 heterocycles. The minimum absolute atomic E-state index is 0.00473. The molecule has 6 heteroatoms. The summed E-state index contributed by atoms with van der Waals surface area (Å²) < 4.78 is 5.49. The molecule has 0 fully saturated rings. The van der Waals surface area contributed by atoms with Crippen LogP contribution in [0.4, 0.5) is 0 Å². The molecule has 2 atom stereocenters. The molecule has 0 bridgehead atoms. The topological polar surface area (TPSA) is 95.9 Å². The highest BCUT2D eigenvalue weighted by Gasteiger charge is 2.18. The van der Waals surface area contributed by atoms with Crippen molar-refractivity contribution in [2.75, 3.05) is 13.2 Å². The van der Waals surface area contributed by atoms with Gasteiger partial charge in [-0.05, 0) is 89.9 Å². The van der Waals surface area contributed by atoms with Crippen LogP contribution in [0.5, 0.6) is 0 Å². The van der Waals surface area contributed by atoms with Crippen LogP contribution in [0.1, 0.15) is 316 Å². The molecule has 0 aliphatic rings. The lowest BCUT2D eigenvalue weighted by Gasteiger charge is -2.20. The largest absolute Gasteiger partial charge is 0.466 e. The number of aliphatic hydroxyl groups excluding tert-OH is 2. The van der Waals surface area contributed by atoms with Gasteiger partial charge in [-0.2, -0.15) is 0 Å². The summed E-state index contributed by atoms with van der Waals surface area (Å²) in [6.07, 6.45) is 74.4. The van der Waals surface area contributed by atoms with Crippen molar-refractivity contribution in [3.05, 3.63) is 48.6 Å². The first kappa shape index (κ1) is 66.8. The third kappa shape index (κ3) is 55.0. The molecular formula is C63H117NO5. The summed E-state index contributed by atoms with van der Waals surface area (Å²) >= 11 is 0. The second-order valence-electron chi connectivity index (χ2n) is 20.7. The van der Waals surface area contributed by atoms with Crippen LogP contribution in [0.15, 0.2) is 48.6 Å². The SMILES string of the molecule is CCCCCCCC/C=C\CCCCCCCCCC(=O)OCCCCCCCCCCC/C=C\C/C=C\CCCCCCCCCCCC(=O)NC(CO)C(O)/C=C/CCCCCCCCCC. The van der Waals surface area contributed by atoms with Gasteiger partial charge in [0.15, 0.2) is 0 Å². The number of nitrogens with one attached hydrogen (secondary N) is 1. The maximum absolute atomic E-state index is 12.4. The first-order valence-electron chi connectivity index (χ1n) is 30.4. The summed E-state index contributed by atoms with van der Waals surface area (Å²) in [7, 11) is 0.